The Balaban J connectivity index is 1.72. The van der Waals surface area contributed by atoms with Crippen LogP contribution >= 0.6 is 0 Å². The summed E-state index contributed by atoms with van der Waals surface area (Å²) in [7, 11) is 0. The second-order valence-electron chi connectivity index (χ2n) is 6.03. The van der Waals surface area contributed by atoms with Gasteiger partial charge in [0.15, 0.2) is 0 Å². The van der Waals surface area contributed by atoms with Gasteiger partial charge in [-0.1, -0.05) is 0 Å². The predicted molar refractivity (Wildman–Crippen MR) is 81.8 cm³/mol. The minimum absolute atomic E-state index is 0.100. The third kappa shape index (κ3) is 2.91. The highest BCUT2D eigenvalue weighted by molar-refractivity contribution is 5.88. The van der Waals surface area contributed by atoms with Crippen molar-refractivity contribution < 1.29 is 14.3 Å². The molecule has 118 valence electrons. The molecule has 0 saturated carbocycles. The third-order valence-corrected chi connectivity index (χ3v) is 4.42. The van der Waals surface area contributed by atoms with Crippen LogP contribution in [-0.4, -0.2) is 47.6 Å². The van der Waals surface area contributed by atoms with Gasteiger partial charge < -0.3 is 9.64 Å². The second kappa shape index (κ2) is 5.94. The smallest absolute Gasteiger partial charge is 0.415 e. The van der Waals surface area contributed by atoms with Crippen LogP contribution in [0.15, 0.2) is 18.3 Å². The number of piperidine rings is 1. The van der Waals surface area contributed by atoms with Crippen LogP contribution in [0.2, 0.25) is 0 Å². The summed E-state index contributed by atoms with van der Waals surface area (Å²) in [6.07, 6.45) is 3.21. The van der Waals surface area contributed by atoms with Crippen LogP contribution in [0.5, 0.6) is 0 Å². The Labute approximate surface area is 130 Å². The number of carbonyl (C=O) groups is 2. The number of rotatable bonds is 2. The van der Waals surface area contributed by atoms with Crippen molar-refractivity contribution in [2.75, 3.05) is 24.5 Å². The number of nitrogens with zero attached hydrogens (tertiary/aromatic N) is 3. The predicted octanol–water partition coefficient (Wildman–Crippen LogP) is 2.15. The lowest BCUT2D eigenvalue weighted by atomic mass is 9.90. The van der Waals surface area contributed by atoms with E-state index in [2.05, 4.69) is 4.98 Å². The van der Waals surface area contributed by atoms with Crippen LogP contribution < -0.4 is 4.90 Å². The molecule has 22 heavy (non-hydrogen) atoms. The summed E-state index contributed by atoms with van der Waals surface area (Å²) in [6.45, 7) is 5.61. The molecule has 3 heterocycles. The van der Waals surface area contributed by atoms with E-state index in [0.717, 1.165) is 25.9 Å². The van der Waals surface area contributed by atoms with Crippen molar-refractivity contribution in [2.24, 2.45) is 0 Å². The SMILES string of the molecule is CC(=O)N1CCC(c2ccnc(N3C[C@@H](C)OC3=O)c2)CC1. The number of anilines is 1. The number of hydrogen-bond donors (Lipinski definition) is 0. The van der Waals surface area contributed by atoms with Gasteiger partial charge in [-0.05, 0) is 43.4 Å². The molecule has 0 unspecified atom stereocenters. The highest BCUT2D eigenvalue weighted by Gasteiger charge is 2.31. The number of ether oxygens (including phenoxy) is 1. The summed E-state index contributed by atoms with van der Waals surface area (Å²) in [4.78, 5) is 31.0. The van der Waals surface area contributed by atoms with Crippen molar-refractivity contribution in [3.8, 4) is 0 Å². The highest BCUT2D eigenvalue weighted by atomic mass is 16.6. The van der Waals surface area contributed by atoms with Crippen molar-refractivity contribution >= 4 is 17.8 Å². The van der Waals surface area contributed by atoms with E-state index in [9.17, 15) is 9.59 Å². The van der Waals surface area contributed by atoms with E-state index >= 15 is 0 Å². The first-order chi connectivity index (χ1) is 10.5. The molecule has 2 fully saturated rings. The maximum absolute atomic E-state index is 11.8. The number of amides is 2. The van der Waals surface area contributed by atoms with Gasteiger partial charge in [-0.2, -0.15) is 0 Å². The lowest BCUT2D eigenvalue weighted by molar-refractivity contribution is -0.129. The number of hydrogen-bond acceptors (Lipinski definition) is 4. The Kier molecular flexibility index (Phi) is 4.00. The standard InChI is InChI=1S/C16H21N3O3/c1-11-10-19(16(21)22-11)15-9-14(3-6-17-15)13-4-7-18(8-5-13)12(2)20/h3,6,9,11,13H,4-5,7-8,10H2,1-2H3/t11-/m1/s1. The first-order valence-electron chi connectivity index (χ1n) is 7.74. The molecule has 2 saturated heterocycles. The van der Waals surface area contributed by atoms with Gasteiger partial charge in [0.2, 0.25) is 5.91 Å². The van der Waals surface area contributed by atoms with E-state index in [-0.39, 0.29) is 18.1 Å². The largest absolute Gasteiger partial charge is 0.444 e. The van der Waals surface area contributed by atoms with Crippen LogP contribution in [0, 0.1) is 0 Å². The van der Waals surface area contributed by atoms with Crippen molar-refractivity contribution in [3.05, 3.63) is 23.9 Å². The first-order valence-corrected chi connectivity index (χ1v) is 7.74. The number of cyclic esters (lactones) is 1. The Morgan fingerprint density at radius 1 is 1.36 bits per heavy atom. The lowest BCUT2D eigenvalue weighted by Crippen LogP contribution is -2.36. The fourth-order valence-electron chi connectivity index (χ4n) is 3.16. The fourth-order valence-corrected chi connectivity index (χ4v) is 3.16. The number of aromatic nitrogens is 1. The van der Waals surface area contributed by atoms with Crippen LogP contribution in [0.25, 0.3) is 0 Å². The molecular weight excluding hydrogens is 282 g/mol. The zero-order valence-electron chi connectivity index (χ0n) is 13.0. The van der Waals surface area contributed by atoms with E-state index < -0.39 is 0 Å². The monoisotopic (exact) mass is 303 g/mol. The van der Waals surface area contributed by atoms with Crippen molar-refractivity contribution in [3.63, 3.8) is 0 Å². The van der Waals surface area contributed by atoms with Gasteiger partial charge in [-0.3, -0.25) is 9.69 Å². The molecule has 1 atom stereocenters. The molecule has 0 aliphatic carbocycles. The number of pyridine rings is 1. The molecule has 1 aromatic rings. The molecular formula is C16H21N3O3. The molecule has 0 spiro atoms. The maximum Gasteiger partial charge on any atom is 0.415 e. The topological polar surface area (TPSA) is 62.7 Å². The molecule has 0 bridgehead atoms. The summed E-state index contributed by atoms with van der Waals surface area (Å²) in [5.74, 6) is 1.21. The minimum atomic E-state index is -0.330. The van der Waals surface area contributed by atoms with E-state index in [1.54, 1.807) is 18.0 Å². The molecule has 2 aliphatic heterocycles. The van der Waals surface area contributed by atoms with E-state index in [0.29, 0.717) is 18.3 Å². The second-order valence-corrected chi connectivity index (χ2v) is 6.03. The van der Waals surface area contributed by atoms with Crippen molar-refractivity contribution in [2.45, 2.75) is 38.7 Å². The minimum Gasteiger partial charge on any atom is -0.444 e. The molecule has 3 rings (SSSR count). The maximum atomic E-state index is 11.8. The molecule has 0 radical (unpaired) electrons. The summed E-state index contributed by atoms with van der Waals surface area (Å²) in [5, 5.41) is 0. The van der Waals surface area contributed by atoms with Gasteiger partial charge >= 0.3 is 6.09 Å². The molecule has 0 N–H and O–H groups in total. The lowest BCUT2D eigenvalue weighted by Gasteiger charge is -2.31. The van der Waals surface area contributed by atoms with Crippen LogP contribution in [0.3, 0.4) is 0 Å². The van der Waals surface area contributed by atoms with E-state index in [1.165, 1.54) is 5.56 Å². The van der Waals surface area contributed by atoms with Gasteiger partial charge in [-0.25, -0.2) is 9.78 Å². The molecule has 6 heteroatoms. The Hall–Kier alpha value is -2.11. The molecule has 0 aromatic carbocycles. The van der Waals surface area contributed by atoms with Crippen LogP contribution in [0.1, 0.15) is 38.2 Å². The average Bonchev–Trinajstić information content (AvgIpc) is 2.86. The Morgan fingerprint density at radius 2 is 2.09 bits per heavy atom. The fraction of sp³-hybridized carbons (Fsp3) is 0.562. The summed E-state index contributed by atoms with van der Waals surface area (Å²) in [6, 6.07) is 3.98. The summed E-state index contributed by atoms with van der Waals surface area (Å²) in [5.41, 5.74) is 1.18. The summed E-state index contributed by atoms with van der Waals surface area (Å²) >= 11 is 0. The highest BCUT2D eigenvalue weighted by Crippen LogP contribution is 2.30. The van der Waals surface area contributed by atoms with Gasteiger partial charge in [0, 0.05) is 26.2 Å². The molecule has 2 amide bonds. The van der Waals surface area contributed by atoms with E-state index in [4.69, 9.17) is 4.74 Å². The van der Waals surface area contributed by atoms with Gasteiger partial charge in [0.1, 0.15) is 11.9 Å². The molecule has 1 aromatic heterocycles. The zero-order valence-corrected chi connectivity index (χ0v) is 13.0. The van der Waals surface area contributed by atoms with Gasteiger partial charge in [0.25, 0.3) is 0 Å². The van der Waals surface area contributed by atoms with E-state index in [1.807, 2.05) is 24.0 Å². The first kappa shape index (κ1) is 14.8. The molecule has 2 aliphatic rings. The normalized spacial score (nSPS) is 22.8. The molecule has 6 nitrogen and oxygen atoms in total. The van der Waals surface area contributed by atoms with Crippen molar-refractivity contribution in [1.29, 1.82) is 0 Å². The van der Waals surface area contributed by atoms with Gasteiger partial charge in [-0.15, -0.1) is 0 Å². The van der Waals surface area contributed by atoms with Crippen molar-refractivity contribution in [1.82, 2.24) is 9.88 Å². The Bertz CT molecular complexity index is 582. The zero-order chi connectivity index (χ0) is 15.7. The quantitative estimate of drug-likeness (QED) is 0.840. The Morgan fingerprint density at radius 3 is 2.68 bits per heavy atom. The van der Waals surface area contributed by atoms with Gasteiger partial charge in [0.05, 0.1) is 6.54 Å². The van der Waals surface area contributed by atoms with Crippen LogP contribution in [0.4, 0.5) is 10.6 Å². The van der Waals surface area contributed by atoms with Crippen LogP contribution in [-0.2, 0) is 9.53 Å². The summed E-state index contributed by atoms with van der Waals surface area (Å²) < 4.78 is 5.16. The third-order valence-electron chi connectivity index (χ3n) is 4.42. The number of likely N-dealkylation sites (tertiary alicyclic amines) is 1. The number of carbonyl (C=O) groups excluding carboxylic acids is 2. The average molecular weight is 303 g/mol.